The number of allylic oxidation sites excluding steroid dienone is 1. The lowest BCUT2D eigenvalue weighted by Gasteiger charge is -2.19. The molecule has 2 heterocycles. The zero-order valence-electron chi connectivity index (χ0n) is 12.7. The first kappa shape index (κ1) is 13.1. The highest BCUT2D eigenvalue weighted by molar-refractivity contribution is 6.37. The van der Waals surface area contributed by atoms with Crippen molar-refractivity contribution in [2.45, 2.75) is 39.2 Å². The van der Waals surface area contributed by atoms with Crippen molar-refractivity contribution in [2.24, 2.45) is 0 Å². The first-order chi connectivity index (χ1) is 10.1. The Labute approximate surface area is 130 Å². The largest absolute Gasteiger partial charge is 0.217 e. The molecule has 2 aromatic carbocycles. The predicted octanol–water partition coefficient (Wildman–Crippen LogP) is 5.46. The van der Waals surface area contributed by atoms with E-state index in [9.17, 15) is 0 Å². The van der Waals surface area contributed by atoms with Crippen molar-refractivity contribution >= 4 is 33.8 Å². The van der Waals surface area contributed by atoms with Gasteiger partial charge in [-0.2, -0.15) is 4.58 Å². The molecule has 0 saturated carbocycles. The Morgan fingerprint density at radius 2 is 2.10 bits per heavy atom. The lowest BCUT2D eigenvalue weighted by Crippen LogP contribution is -2.32. The molecule has 0 aromatic heterocycles. The third-order valence-electron chi connectivity index (χ3n) is 5.21. The van der Waals surface area contributed by atoms with Gasteiger partial charge in [-0.1, -0.05) is 36.7 Å². The maximum absolute atomic E-state index is 6.42. The lowest BCUT2D eigenvalue weighted by molar-refractivity contribution is -0.518. The Hall–Kier alpha value is -1.60. The predicted molar refractivity (Wildman–Crippen MR) is 90.1 cm³/mol. The summed E-state index contributed by atoms with van der Waals surface area (Å²) < 4.78 is 2.55. The molecule has 1 nitrogen and oxygen atoms in total. The number of hydrogen-bond donors (Lipinski definition) is 0. The van der Waals surface area contributed by atoms with Crippen LogP contribution in [-0.4, -0.2) is 15.8 Å². The van der Waals surface area contributed by atoms with Gasteiger partial charge in [0, 0.05) is 41.8 Å². The first-order valence-electron chi connectivity index (χ1n) is 7.65. The summed E-state index contributed by atoms with van der Waals surface area (Å²) in [6, 6.07) is 10.7. The van der Waals surface area contributed by atoms with E-state index in [1.807, 2.05) is 6.07 Å². The molecule has 0 saturated heterocycles. The molecule has 2 aliphatic heterocycles. The molecule has 0 N–H and O–H groups in total. The molecule has 0 aliphatic carbocycles. The van der Waals surface area contributed by atoms with Crippen molar-refractivity contribution in [1.82, 2.24) is 0 Å². The summed E-state index contributed by atoms with van der Waals surface area (Å²) in [4.78, 5) is 0. The molecule has 2 aromatic rings. The Bertz CT molecular complexity index is 844. The normalized spacial score (nSPS) is 25.2. The van der Waals surface area contributed by atoms with Gasteiger partial charge in [0.25, 0.3) is 0 Å². The van der Waals surface area contributed by atoms with Crippen LogP contribution < -0.4 is 0 Å². The average Bonchev–Trinajstić information content (AvgIpc) is 2.99. The van der Waals surface area contributed by atoms with Crippen LogP contribution in [0.25, 0.3) is 10.8 Å². The van der Waals surface area contributed by atoms with Gasteiger partial charge in [0.2, 0.25) is 11.4 Å². The van der Waals surface area contributed by atoms with Gasteiger partial charge in [-0.15, -0.1) is 0 Å². The lowest BCUT2D eigenvalue weighted by atomic mass is 9.89. The molecule has 4 rings (SSSR count). The fourth-order valence-electron chi connectivity index (χ4n) is 3.95. The van der Waals surface area contributed by atoms with E-state index < -0.39 is 0 Å². The minimum absolute atomic E-state index is 0.164. The van der Waals surface area contributed by atoms with Crippen molar-refractivity contribution in [3.63, 3.8) is 0 Å². The molecule has 0 bridgehead atoms. The second-order valence-electron chi connectivity index (χ2n) is 6.32. The molecule has 0 spiro atoms. The molecular weight excluding hydrogens is 278 g/mol. The molecule has 2 aliphatic rings. The van der Waals surface area contributed by atoms with Crippen LogP contribution in [0.2, 0.25) is 5.02 Å². The quantitative estimate of drug-likeness (QED) is 0.615. The maximum Gasteiger partial charge on any atom is 0.217 e. The van der Waals surface area contributed by atoms with Gasteiger partial charge in [0.15, 0.2) is 5.54 Å². The van der Waals surface area contributed by atoms with E-state index in [2.05, 4.69) is 55.7 Å². The van der Waals surface area contributed by atoms with Gasteiger partial charge in [0.1, 0.15) is 0 Å². The summed E-state index contributed by atoms with van der Waals surface area (Å²) in [5, 5.41) is 3.33. The number of benzene rings is 2. The van der Waals surface area contributed by atoms with Crippen LogP contribution >= 0.6 is 11.6 Å². The van der Waals surface area contributed by atoms with Gasteiger partial charge in [-0.05, 0) is 19.1 Å². The van der Waals surface area contributed by atoms with E-state index in [-0.39, 0.29) is 5.54 Å². The number of halogens is 1. The van der Waals surface area contributed by atoms with E-state index in [0.29, 0.717) is 0 Å². The van der Waals surface area contributed by atoms with Crippen molar-refractivity contribution in [2.75, 3.05) is 0 Å². The van der Waals surface area contributed by atoms with Gasteiger partial charge in [-0.25, -0.2) is 0 Å². The van der Waals surface area contributed by atoms with Gasteiger partial charge < -0.3 is 0 Å². The maximum atomic E-state index is 6.42. The number of rotatable bonds is 1. The fourth-order valence-corrected chi connectivity index (χ4v) is 4.17. The minimum Gasteiger partial charge on any atom is -0.186 e. The van der Waals surface area contributed by atoms with Crippen LogP contribution in [0.15, 0.2) is 42.0 Å². The summed E-state index contributed by atoms with van der Waals surface area (Å²) in [6.45, 7) is 6.81. The summed E-state index contributed by atoms with van der Waals surface area (Å²) in [5.74, 6) is 0. The van der Waals surface area contributed by atoms with Crippen molar-refractivity contribution in [3.05, 3.63) is 52.6 Å². The topological polar surface area (TPSA) is 3.01 Å². The second kappa shape index (κ2) is 4.20. The third kappa shape index (κ3) is 1.50. The van der Waals surface area contributed by atoms with Crippen LogP contribution in [0.3, 0.4) is 0 Å². The molecule has 0 radical (unpaired) electrons. The highest BCUT2D eigenvalue weighted by Gasteiger charge is 2.51. The molecule has 0 fully saturated rings. The van der Waals surface area contributed by atoms with Gasteiger partial charge in [0.05, 0.1) is 10.9 Å². The van der Waals surface area contributed by atoms with Gasteiger partial charge >= 0.3 is 0 Å². The Morgan fingerprint density at radius 1 is 1.29 bits per heavy atom. The van der Waals surface area contributed by atoms with Crippen LogP contribution in [0.5, 0.6) is 0 Å². The highest BCUT2D eigenvalue weighted by atomic mass is 35.5. The zero-order valence-corrected chi connectivity index (χ0v) is 13.5. The molecule has 106 valence electrons. The number of hydrogen-bond acceptors (Lipinski definition) is 0. The number of fused-ring (bicyclic) bond motifs is 2. The average molecular weight is 297 g/mol. The van der Waals surface area contributed by atoms with Crippen LogP contribution in [0.1, 0.15) is 39.2 Å². The Balaban J connectivity index is 2.15. The standard InChI is InChI=1S/C19H19ClN/c1-4-12-11-19(3,5-2)21-16-10-9-15(20)13-7-6-8-14(17(13)16)18(12)21/h4,6-10H,5,11H2,1-3H3/q+1/b12-4+. The molecule has 2 heteroatoms. The van der Waals surface area contributed by atoms with Crippen molar-refractivity contribution < 1.29 is 4.58 Å². The fraction of sp³-hybridized carbons (Fsp3) is 0.316. The molecule has 1 atom stereocenters. The summed E-state index contributed by atoms with van der Waals surface area (Å²) in [7, 11) is 0. The van der Waals surface area contributed by atoms with Crippen LogP contribution in [0, 0.1) is 0 Å². The first-order valence-corrected chi connectivity index (χ1v) is 8.03. The van der Waals surface area contributed by atoms with Crippen LogP contribution in [0.4, 0.5) is 5.69 Å². The molecule has 1 unspecified atom stereocenters. The number of nitrogens with zero attached hydrogens (tertiary/aromatic N) is 1. The molecular formula is C19H19ClN+. The zero-order chi connectivity index (χ0) is 14.8. The summed E-state index contributed by atoms with van der Waals surface area (Å²) in [6.07, 6.45) is 4.52. The van der Waals surface area contributed by atoms with Crippen LogP contribution in [-0.2, 0) is 0 Å². The summed E-state index contributed by atoms with van der Waals surface area (Å²) >= 11 is 6.42. The van der Waals surface area contributed by atoms with E-state index in [1.54, 1.807) is 0 Å². The Morgan fingerprint density at radius 3 is 2.81 bits per heavy atom. The smallest absolute Gasteiger partial charge is 0.186 e. The third-order valence-corrected chi connectivity index (χ3v) is 5.54. The second-order valence-corrected chi connectivity index (χ2v) is 6.73. The minimum atomic E-state index is 0.164. The monoisotopic (exact) mass is 296 g/mol. The Kier molecular flexibility index (Phi) is 2.62. The van der Waals surface area contributed by atoms with E-state index in [1.165, 1.54) is 33.3 Å². The molecule has 0 amide bonds. The van der Waals surface area contributed by atoms with E-state index in [4.69, 9.17) is 11.6 Å². The van der Waals surface area contributed by atoms with Crippen molar-refractivity contribution in [1.29, 1.82) is 0 Å². The SMILES string of the molecule is C/C=C1\CC(C)(CC)[N+]2=C1c1cccc3c(Cl)ccc2c13. The molecule has 21 heavy (non-hydrogen) atoms. The van der Waals surface area contributed by atoms with Gasteiger partial charge in [-0.3, -0.25) is 0 Å². The highest BCUT2D eigenvalue weighted by Crippen LogP contribution is 2.48. The van der Waals surface area contributed by atoms with Crippen molar-refractivity contribution in [3.8, 4) is 0 Å². The van der Waals surface area contributed by atoms with E-state index >= 15 is 0 Å². The summed E-state index contributed by atoms with van der Waals surface area (Å²) in [5.41, 5.74) is 5.68. The van der Waals surface area contributed by atoms with E-state index in [0.717, 1.165) is 17.9 Å².